The summed E-state index contributed by atoms with van der Waals surface area (Å²) in [5.74, 6) is 0.816. The van der Waals surface area contributed by atoms with Crippen LogP contribution >= 0.6 is 0 Å². The molecule has 0 aliphatic carbocycles. The van der Waals surface area contributed by atoms with Crippen LogP contribution in [0.5, 0.6) is 5.75 Å². The van der Waals surface area contributed by atoms with Crippen LogP contribution in [-0.4, -0.2) is 23.4 Å². The molecule has 0 aliphatic rings. The van der Waals surface area contributed by atoms with Crippen molar-refractivity contribution in [3.8, 4) is 5.75 Å². The first kappa shape index (κ1) is 11.8. The first-order chi connectivity index (χ1) is 7.33. The zero-order chi connectivity index (χ0) is 11.1. The van der Waals surface area contributed by atoms with E-state index in [1.807, 2.05) is 16.8 Å². The average Bonchev–Trinajstić information content (AvgIpc) is 2.62. The zero-order valence-corrected chi connectivity index (χ0v) is 9.44. The highest BCUT2D eigenvalue weighted by molar-refractivity contribution is 5.52. The van der Waals surface area contributed by atoms with Crippen LogP contribution in [0.1, 0.15) is 25.5 Å². The number of aryl methyl sites for hydroxylation is 1. The van der Waals surface area contributed by atoms with E-state index in [2.05, 4.69) is 12.0 Å². The summed E-state index contributed by atoms with van der Waals surface area (Å²) in [4.78, 5) is 0. The van der Waals surface area contributed by atoms with Crippen LogP contribution in [0.3, 0.4) is 0 Å². The standard InChI is InChI=1S/C11H19N3O/c1-3-8-14-10(6-4-5-7-12)11(15-2)9-13-14/h4,6,9H,3,5,7-8,12H2,1-2H3/b6-4+. The molecule has 0 aliphatic heterocycles. The summed E-state index contributed by atoms with van der Waals surface area (Å²) in [5.41, 5.74) is 6.45. The summed E-state index contributed by atoms with van der Waals surface area (Å²) < 4.78 is 7.19. The fourth-order valence-corrected chi connectivity index (χ4v) is 1.38. The van der Waals surface area contributed by atoms with Crippen LogP contribution in [-0.2, 0) is 6.54 Å². The van der Waals surface area contributed by atoms with Gasteiger partial charge in [-0.1, -0.05) is 13.0 Å². The van der Waals surface area contributed by atoms with Crippen molar-refractivity contribution in [3.05, 3.63) is 18.0 Å². The van der Waals surface area contributed by atoms with E-state index in [-0.39, 0.29) is 0 Å². The second-order valence-corrected chi connectivity index (χ2v) is 3.30. The van der Waals surface area contributed by atoms with E-state index in [0.717, 1.165) is 30.8 Å². The van der Waals surface area contributed by atoms with Gasteiger partial charge in [-0.25, -0.2) is 0 Å². The Morgan fingerprint density at radius 2 is 2.40 bits per heavy atom. The molecule has 0 saturated carbocycles. The highest BCUT2D eigenvalue weighted by Crippen LogP contribution is 2.19. The highest BCUT2D eigenvalue weighted by atomic mass is 16.5. The maximum absolute atomic E-state index is 5.43. The van der Waals surface area contributed by atoms with Crippen molar-refractivity contribution in [2.75, 3.05) is 13.7 Å². The number of hydrogen-bond donors (Lipinski definition) is 1. The topological polar surface area (TPSA) is 53.1 Å². The van der Waals surface area contributed by atoms with Crippen LogP contribution in [0.15, 0.2) is 12.3 Å². The van der Waals surface area contributed by atoms with Gasteiger partial charge in [0.25, 0.3) is 0 Å². The summed E-state index contributed by atoms with van der Waals surface area (Å²) in [6.45, 7) is 3.70. The molecule has 0 unspecified atom stereocenters. The molecule has 1 aromatic rings. The summed E-state index contributed by atoms with van der Waals surface area (Å²) in [5, 5.41) is 4.26. The van der Waals surface area contributed by atoms with Gasteiger partial charge in [0.05, 0.1) is 13.3 Å². The van der Waals surface area contributed by atoms with Gasteiger partial charge in [-0.05, 0) is 25.5 Å². The lowest BCUT2D eigenvalue weighted by molar-refractivity contribution is 0.412. The minimum Gasteiger partial charge on any atom is -0.493 e. The molecule has 0 fully saturated rings. The molecule has 0 bridgehead atoms. The lowest BCUT2D eigenvalue weighted by Crippen LogP contribution is -2.02. The number of hydrogen-bond acceptors (Lipinski definition) is 3. The third kappa shape index (κ3) is 3.09. The molecule has 0 amide bonds. The largest absolute Gasteiger partial charge is 0.493 e. The first-order valence-electron chi connectivity index (χ1n) is 5.29. The monoisotopic (exact) mass is 209 g/mol. The first-order valence-corrected chi connectivity index (χ1v) is 5.29. The van der Waals surface area contributed by atoms with Gasteiger partial charge < -0.3 is 10.5 Å². The molecule has 2 N–H and O–H groups in total. The molecule has 0 atom stereocenters. The smallest absolute Gasteiger partial charge is 0.164 e. The van der Waals surface area contributed by atoms with Crippen LogP contribution in [0.4, 0.5) is 0 Å². The molecule has 0 spiro atoms. The second kappa shape index (κ2) is 6.24. The summed E-state index contributed by atoms with van der Waals surface area (Å²) in [6, 6.07) is 0. The molecule has 1 heterocycles. The fraction of sp³-hybridized carbons (Fsp3) is 0.545. The van der Waals surface area contributed by atoms with Gasteiger partial charge in [0.1, 0.15) is 5.69 Å². The molecule has 4 nitrogen and oxygen atoms in total. The van der Waals surface area contributed by atoms with E-state index in [1.54, 1.807) is 13.3 Å². The summed E-state index contributed by atoms with van der Waals surface area (Å²) in [6.07, 6.45) is 7.75. The Morgan fingerprint density at radius 1 is 1.60 bits per heavy atom. The lowest BCUT2D eigenvalue weighted by Gasteiger charge is -2.03. The maximum Gasteiger partial charge on any atom is 0.164 e. The Hall–Kier alpha value is -1.29. The van der Waals surface area contributed by atoms with Gasteiger partial charge in [-0.3, -0.25) is 4.68 Å². The van der Waals surface area contributed by atoms with Crippen molar-refractivity contribution < 1.29 is 4.74 Å². The van der Waals surface area contributed by atoms with Gasteiger partial charge >= 0.3 is 0 Å². The van der Waals surface area contributed by atoms with E-state index in [0.29, 0.717) is 6.54 Å². The molecule has 0 radical (unpaired) electrons. The minimum atomic E-state index is 0.667. The molecular formula is C11H19N3O. The Kier molecular flexibility index (Phi) is 4.90. The predicted molar refractivity (Wildman–Crippen MR) is 61.8 cm³/mol. The highest BCUT2D eigenvalue weighted by Gasteiger charge is 2.06. The maximum atomic E-state index is 5.43. The lowest BCUT2D eigenvalue weighted by atomic mass is 10.3. The number of rotatable bonds is 6. The summed E-state index contributed by atoms with van der Waals surface area (Å²) >= 11 is 0. The molecule has 1 rings (SSSR count). The SMILES string of the molecule is CCCn1ncc(OC)c1/C=C/CCN. The van der Waals surface area contributed by atoms with E-state index in [4.69, 9.17) is 10.5 Å². The molecular weight excluding hydrogens is 190 g/mol. The predicted octanol–water partition coefficient (Wildman–Crippen LogP) is 1.66. The molecule has 4 heteroatoms. The number of aromatic nitrogens is 2. The fourth-order valence-electron chi connectivity index (χ4n) is 1.38. The van der Waals surface area contributed by atoms with Crippen molar-refractivity contribution in [2.24, 2.45) is 5.73 Å². The van der Waals surface area contributed by atoms with Crippen molar-refractivity contribution in [2.45, 2.75) is 26.3 Å². The second-order valence-electron chi connectivity index (χ2n) is 3.30. The number of ether oxygens (including phenoxy) is 1. The van der Waals surface area contributed by atoms with Gasteiger partial charge in [0, 0.05) is 6.54 Å². The quantitative estimate of drug-likeness (QED) is 0.775. The van der Waals surface area contributed by atoms with Gasteiger partial charge in [0.15, 0.2) is 5.75 Å². The normalized spacial score (nSPS) is 11.1. The molecule has 1 aromatic heterocycles. The van der Waals surface area contributed by atoms with Gasteiger partial charge in [-0.2, -0.15) is 5.10 Å². The molecule has 15 heavy (non-hydrogen) atoms. The Balaban J connectivity index is 2.84. The van der Waals surface area contributed by atoms with Crippen LogP contribution in [0.2, 0.25) is 0 Å². The average molecular weight is 209 g/mol. The van der Waals surface area contributed by atoms with Crippen molar-refractivity contribution in [3.63, 3.8) is 0 Å². The van der Waals surface area contributed by atoms with Crippen molar-refractivity contribution in [1.82, 2.24) is 9.78 Å². The van der Waals surface area contributed by atoms with Gasteiger partial charge in [-0.15, -0.1) is 0 Å². The van der Waals surface area contributed by atoms with E-state index < -0.39 is 0 Å². The Morgan fingerprint density at radius 3 is 3.00 bits per heavy atom. The van der Waals surface area contributed by atoms with Crippen LogP contribution in [0.25, 0.3) is 6.08 Å². The van der Waals surface area contributed by atoms with Gasteiger partial charge in [0.2, 0.25) is 0 Å². The zero-order valence-electron chi connectivity index (χ0n) is 9.44. The van der Waals surface area contributed by atoms with Crippen LogP contribution < -0.4 is 10.5 Å². The van der Waals surface area contributed by atoms with E-state index in [1.165, 1.54) is 0 Å². The number of nitrogens with two attached hydrogens (primary N) is 1. The molecule has 0 aromatic carbocycles. The third-order valence-corrected chi connectivity index (χ3v) is 2.11. The Bertz CT molecular complexity index is 318. The van der Waals surface area contributed by atoms with Crippen LogP contribution in [0, 0.1) is 0 Å². The van der Waals surface area contributed by atoms with Crippen molar-refractivity contribution >= 4 is 6.08 Å². The van der Waals surface area contributed by atoms with E-state index in [9.17, 15) is 0 Å². The summed E-state index contributed by atoms with van der Waals surface area (Å²) in [7, 11) is 1.66. The third-order valence-electron chi connectivity index (χ3n) is 2.11. The number of methoxy groups -OCH3 is 1. The van der Waals surface area contributed by atoms with E-state index >= 15 is 0 Å². The molecule has 0 saturated heterocycles. The molecule has 84 valence electrons. The Labute approximate surface area is 90.7 Å². The number of nitrogens with zero attached hydrogens (tertiary/aromatic N) is 2. The van der Waals surface area contributed by atoms with Crippen molar-refractivity contribution in [1.29, 1.82) is 0 Å². The minimum absolute atomic E-state index is 0.667.